The van der Waals surface area contributed by atoms with Crippen LogP contribution in [0.4, 0.5) is 0 Å². The Morgan fingerprint density at radius 2 is 2.29 bits per heavy atom. The molecular formula is C10H11N5OS. The molecular weight excluding hydrogens is 238 g/mol. The molecule has 0 unspecified atom stereocenters. The molecule has 0 aliphatic rings. The van der Waals surface area contributed by atoms with Crippen LogP contribution in [0.15, 0.2) is 24.5 Å². The number of H-pyrrole nitrogens is 1. The molecule has 0 aromatic carbocycles. The minimum absolute atomic E-state index is 0.276. The number of rotatable bonds is 1. The lowest BCUT2D eigenvalue weighted by Gasteiger charge is -2.07. The Labute approximate surface area is 103 Å². The number of nitrogens with zero attached hydrogens (tertiary/aromatic N) is 1. The summed E-state index contributed by atoms with van der Waals surface area (Å²) in [6, 6.07) is 3.60. The number of thiocarbonyl (C=S) groups is 1. The summed E-state index contributed by atoms with van der Waals surface area (Å²) in [7, 11) is 1.66. The molecule has 4 N–H and O–H groups in total. The summed E-state index contributed by atoms with van der Waals surface area (Å²) >= 11 is 4.84. The Morgan fingerprint density at radius 3 is 3.06 bits per heavy atom. The van der Waals surface area contributed by atoms with Gasteiger partial charge in [0.05, 0.1) is 5.56 Å². The maximum atomic E-state index is 11.8. The van der Waals surface area contributed by atoms with Gasteiger partial charge in [0.15, 0.2) is 5.11 Å². The van der Waals surface area contributed by atoms with Crippen molar-refractivity contribution in [2.75, 3.05) is 7.05 Å². The van der Waals surface area contributed by atoms with Crippen molar-refractivity contribution in [1.29, 1.82) is 0 Å². The number of hydrogen-bond donors (Lipinski definition) is 4. The molecule has 88 valence electrons. The van der Waals surface area contributed by atoms with E-state index in [1.807, 2.05) is 6.07 Å². The van der Waals surface area contributed by atoms with Crippen molar-refractivity contribution in [3.8, 4) is 0 Å². The van der Waals surface area contributed by atoms with Crippen LogP contribution in [0.2, 0.25) is 0 Å². The zero-order valence-corrected chi connectivity index (χ0v) is 9.89. The van der Waals surface area contributed by atoms with Crippen LogP contribution >= 0.6 is 12.2 Å². The largest absolute Gasteiger partial charge is 0.364 e. The van der Waals surface area contributed by atoms with Gasteiger partial charge in [-0.3, -0.25) is 15.6 Å². The molecule has 0 spiro atoms. The van der Waals surface area contributed by atoms with E-state index in [1.54, 1.807) is 25.5 Å². The molecule has 0 aliphatic carbocycles. The van der Waals surface area contributed by atoms with Crippen LogP contribution in [0.3, 0.4) is 0 Å². The first kappa shape index (κ1) is 11.3. The molecule has 0 atom stereocenters. The summed E-state index contributed by atoms with van der Waals surface area (Å²) in [6.07, 6.45) is 3.27. The fraction of sp³-hybridized carbons (Fsp3) is 0.100. The molecule has 0 saturated heterocycles. The van der Waals surface area contributed by atoms with Gasteiger partial charge >= 0.3 is 0 Å². The molecule has 2 heterocycles. The average Bonchev–Trinajstić information content (AvgIpc) is 2.79. The maximum Gasteiger partial charge on any atom is 0.271 e. The summed E-state index contributed by atoms with van der Waals surface area (Å²) < 4.78 is 0. The van der Waals surface area contributed by atoms with E-state index in [-0.39, 0.29) is 5.91 Å². The maximum absolute atomic E-state index is 11.8. The van der Waals surface area contributed by atoms with Gasteiger partial charge in [0.2, 0.25) is 0 Å². The lowest BCUT2D eigenvalue weighted by atomic mass is 10.2. The quantitative estimate of drug-likeness (QED) is 0.432. The van der Waals surface area contributed by atoms with Gasteiger partial charge in [-0.1, -0.05) is 0 Å². The summed E-state index contributed by atoms with van der Waals surface area (Å²) in [5.74, 6) is -0.276. The summed E-state index contributed by atoms with van der Waals surface area (Å²) in [5, 5.41) is 3.80. The van der Waals surface area contributed by atoms with Gasteiger partial charge < -0.3 is 10.3 Å². The van der Waals surface area contributed by atoms with Crippen LogP contribution in [0.25, 0.3) is 11.0 Å². The zero-order chi connectivity index (χ0) is 12.3. The Kier molecular flexibility index (Phi) is 3.20. The smallest absolute Gasteiger partial charge is 0.271 e. The highest BCUT2D eigenvalue weighted by molar-refractivity contribution is 7.80. The predicted molar refractivity (Wildman–Crippen MR) is 68.4 cm³/mol. The highest BCUT2D eigenvalue weighted by Gasteiger charge is 2.11. The number of hydrazine groups is 1. The van der Waals surface area contributed by atoms with Gasteiger partial charge in [0.25, 0.3) is 5.91 Å². The molecule has 7 heteroatoms. The second kappa shape index (κ2) is 4.79. The Hall–Kier alpha value is -2.15. The van der Waals surface area contributed by atoms with E-state index in [2.05, 4.69) is 26.1 Å². The summed E-state index contributed by atoms with van der Waals surface area (Å²) in [4.78, 5) is 18.9. The molecule has 0 fully saturated rings. The number of aromatic nitrogens is 2. The molecule has 2 aromatic rings. The normalized spacial score (nSPS) is 9.94. The van der Waals surface area contributed by atoms with Gasteiger partial charge in [-0.2, -0.15) is 0 Å². The first-order chi connectivity index (χ1) is 8.22. The fourth-order valence-electron chi connectivity index (χ4n) is 1.39. The molecule has 6 nitrogen and oxygen atoms in total. The number of hydrogen-bond acceptors (Lipinski definition) is 3. The molecule has 0 saturated carbocycles. The number of carbonyl (C=O) groups excluding carboxylic acids is 1. The second-order valence-electron chi connectivity index (χ2n) is 3.26. The fourth-order valence-corrected chi connectivity index (χ4v) is 1.44. The minimum Gasteiger partial charge on any atom is -0.364 e. The van der Waals surface area contributed by atoms with Crippen molar-refractivity contribution in [2.45, 2.75) is 0 Å². The van der Waals surface area contributed by atoms with Crippen LogP contribution in [0, 0.1) is 0 Å². The third kappa shape index (κ3) is 2.34. The van der Waals surface area contributed by atoms with E-state index in [0.717, 1.165) is 5.39 Å². The highest BCUT2D eigenvalue weighted by atomic mass is 32.1. The number of pyridine rings is 1. The molecule has 0 bridgehead atoms. The standard InChI is InChI=1S/C10H11N5OS/c1-11-10(17)15-14-9(16)7-5-13-8-6(7)3-2-4-12-8/h2-5H,1H3,(H,12,13)(H,14,16)(H2,11,15,17). The molecule has 0 radical (unpaired) electrons. The first-order valence-electron chi connectivity index (χ1n) is 4.92. The van der Waals surface area contributed by atoms with Crippen LogP contribution < -0.4 is 16.2 Å². The van der Waals surface area contributed by atoms with E-state index in [1.165, 1.54) is 0 Å². The predicted octanol–water partition coefficient (Wildman–Crippen LogP) is 0.302. The van der Waals surface area contributed by atoms with Crippen molar-refractivity contribution in [3.63, 3.8) is 0 Å². The van der Waals surface area contributed by atoms with E-state index in [9.17, 15) is 4.79 Å². The van der Waals surface area contributed by atoms with Crippen molar-refractivity contribution in [3.05, 3.63) is 30.1 Å². The molecule has 17 heavy (non-hydrogen) atoms. The zero-order valence-electron chi connectivity index (χ0n) is 9.07. The van der Waals surface area contributed by atoms with Gasteiger partial charge in [0.1, 0.15) is 5.65 Å². The Balaban J connectivity index is 2.17. The summed E-state index contributed by atoms with van der Waals surface area (Å²) in [6.45, 7) is 0. The third-order valence-corrected chi connectivity index (χ3v) is 2.52. The molecule has 2 rings (SSSR count). The van der Waals surface area contributed by atoms with Crippen molar-refractivity contribution in [1.82, 2.24) is 26.1 Å². The molecule has 1 amide bonds. The topological polar surface area (TPSA) is 81.8 Å². The van der Waals surface area contributed by atoms with Gasteiger partial charge in [0, 0.05) is 24.8 Å². The second-order valence-corrected chi connectivity index (χ2v) is 3.67. The Morgan fingerprint density at radius 1 is 1.47 bits per heavy atom. The van der Waals surface area contributed by atoms with Crippen LogP contribution in [-0.2, 0) is 0 Å². The van der Waals surface area contributed by atoms with Gasteiger partial charge in [-0.05, 0) is 24.4 Å². The van der Waals surface area contributed by atoms with Gasteiger partial charge in [-0.15, -0.1) is 0 Å². The number of carbonyl (C=O) groups is 1. The van der Waals surface area contributed by atoms with E-state index < -0.39 is 0 Å². The van der Waals surface area contributed by atoms with Crippen molar-refractivity contribution in [2.24, 2.45) is 0 Å². The highest BCUT2D eigenvalue weighted by Crippen LogP contribution is 2.14. The van der Waals surface area contributed by atoms with Crippen LogP contribution in [0.1, 0.15) is 10.4 Å². The van der Waals surface area contributed by atoms with E-state index in [0.29, 0.717) is 16.3 Å². The molecule has 0 aliphatic heterocycles. The lowest BCUT2D eigenvalue weighted by Crippen LogP contribution is -2.45. The number of fused-ring (bicyclic) bond motifs is 1. The van der Waals surface area contributed by atoms with Crippen LogP contribution in [-0.4, -0.2) is 28.0 Å². The number of aromatic amines is 1. The first-order valence-corrected chi connectivity index (χ1v) is 5.33. The van der Waals surface area contributed by atoms with Crippen molar-refractivity contribution >= 4 is 34.3 Å². The summed E-state index contributed by atoms with van der Waals surface area (Å²) in [5.41, 5.74) is 6.25. The Bertz CT molecular complexity index is 565. The third-order valence-electron chi connectivity index (χ3n) is 2.21. The molecule has 2 aromatic heterocycles. The van der Waals surface area contributed by atoms with E-state index >= 15 is 0 Å². The SMILES string of the molecule is CNC(=S)NNC(=O)c1c[nH]c2ncccc12. The van der Waals surface area contributed by atoms with E-state index in [4.69, 9.17) is 12.2 Å². The number of nitrogens with one attached hydrogen (secondary N) is 4. The minimum atomic E-state index is -0.276. The van der Waals surface area contributed by atoms with Crippen molar-refractivity contribution < 1.29 is 4.79 Å². The average molecular weight is 249 g/mol. The van der Waals surface area contributed by atoms with Crippen LogP contribution in [0.5, 0.6) is 0 Å². The number of amides is 1. The van der Waals surface area contributed by atoms with Gasteiger partial charge in [-0.25, -0.2) is 4.98 Å². The lowest BCUT2D eigenvalue weighted by molar-refractivity contribution is 0.0945. The monoisotopic (exact) mass is 249 g/mol.